The summed E-state index contributed by atoms with van der Waals surface area (Å²) >= 11 is 0. The fourth-order valence-electron chi connectivity index (χ4n) is 3.47. The molecule has 2 heterocycles. The molecule has 0 radical (unpaired) electrons. The summed E-state index contributed by atoms with van der Waals surface area (Å²) in [4.78, 5) is 12.7. The zero-order valence-corrected chi connectivity index (χ0v) is 15.9. The maximum atomic E-state index is 13.0. The molecule has 8 heteroatoms. The number of amides is 1. The molecule has 0 saturated carbocycles. The number of hydrogen-bond acceptors (Lipinski definition) is 5. The van der Waals surface area contributed by atoms with E-state index in [-0.39, 0.29) is 23.5 Å². The molecular weight excluding hydrogens is 354 g/mol. The van der Waals surface area contributed by atoms with Gasteiger partial charge in [0, 0.05) is 26.2 Å². The van der Waals surface area contributed by atoms with Crippen LogP contribution in [0.4, 0.5) is 0 Å². The van der Waals surface area contributed by atoms with Crippen LogP contribution >= 0.6 is 0 Å². The largest absolute Gasteiger partial charge is 0.375 e. The van der Waals surface area contributed by atoms with Crippen LogP contribution in [-0.4, -0.2) is 57.0 Å². The number of carbonyl (C=O) groups is 1. The highest BCUT2D eigenvalue weighted by Gasteiger charge is 2.30. The fourth-order valence-corrected chi connectivity index (χ4v) is 5.20. The van der Waals surface area contributed by atoms with Gasteiger partial charge in [-0.25, -0.2) is 8.42 Å². The van der Waals surface area contributed by atoms with Gasteiger partial charge < -0.3 is 15.4 Å². The number of benzene rings is 1. The van der Waals surface area contributed by atoms with Gasteiger partial charge in [-0.3, -0.25) is 4.79 Å². The van der Waals surface area contributed by atoms with Gasteiger partial charge in [0.05, 0.1) is 17.6 Å². The van der Waals surface area contributed by atoms with Crippen molar-refractivity contribution in [2.24, 2.45) is 0 Å². The minimum Gasteiger partial charge on any atom is -0.375 e. The molecule has 0 aromatic heterocycles. The summed E-state index contributed by atoms with van der Waals surface area (Å²) in [5, 5.41) is 5.99. The van der Waals surface area contributed by atoms with E-state index in [4.69, 9.17) is 4.74 Å². The molecule has 2 atom stereocenters. The first kappa shape index (κ1) is 19.3. The lowest BCUT2D eigenvalue weighted by molar-refractivity contribution is -0.129. The lowest BCUT2D eigenvalue weighted by Gasteiger charge is -2.29. The Labute approximate surface area is 155 Å². The summed E-state index contributed by atoms with van der Waals surface area (Å²) in [5.74, 6) is -0.178. The quantitative estimate of drug-likeness (QED) is 0.790. The van der Waals surface area contributed by atoms with Crippen LogP contribution < -0.4 is 10.6 Å². The van der Waals surface area contributed by atoms with Gasteiger partial charge in [0.25, 0.3) is 0 Å². The summed E-state index contributed by atoms with van der Waals surface area (Å²) in [5.41, 5.74) is 0.607. The lowest BCUT2D eigenvalue weighted by atomic mass is 10.1. The number of rotatable bonds is 5. The second kappa shape index (κ2) is 8.47. The van der Waals surface area contributed by atoms with Crippen molar-refractivity contribution in [2.75, 3.05) is 26.2 Å². The summed E-state index contributed by atoms with van der Waals surface area (Å²) < 4.78 is 33.0. The Morgan fingerprint density at radius 1 is 1.27 bits per heavy atom. The molecule has 0 unspecified atom stereocenters. The van der Waals surface area contributed by atoms with Gasteiger partial charge in [0.15, 0.2) is 0 Å². The third kappa shape index (κ3) is 4.25. The standard InChI is InChI=1S/C18H27N3O4S/c1-14-17(19-9-12-25-14)18(22)20-13-15-7-3-4-8-16(15)26(23,24)21-10-5-2-6-11-21/h3-4,7-8,14,17,19H,2,5-6,9-13H2,1H3,(H,20,22)/t14-,17+/m1/s1. The molecule has 7 nitrogen and oxygen atoms in total. The van der Waals surface area contributed by atoms with Crippen LogP contribution in [0.5, 0.6) is 0 Å². The van der Waals surface area contributed by atoms with Gasteiger partial charge in [0.1, 0.15) is 6.04 Å². The molecule has 0 aliphatic carbocycles. The fraction of sp³-hybridized carbons (Fsp3) is 0.611. The molecule has 0 bridgehead atoms. The third-order valence-electron chi connectivity index (χ3n) is 4.96. The molecule has 1 amide bonds. The van der Waals surface area contributed by atoms with E-state index in [0.717, 1.165) is 19.3 Å². The van der Waals surface area contributed by atoms with E-state index in [0.29, 0.717) is 31.8 Å². The highest BCUT2D eigenvalue weighted by molar-refractivity contribution is 7.89. The van der Waals surface area contributed by atoms with Gasteiger partial charge in [0.2, 0.25) is 15.9 Å². The Bertz CT molecular complexity index is 732. The van der Waals surface area contributed by atoms with Crippen LogP contribution in [0, 0.1) is 0 Å². The Morgan fingerprint density at radius 3 is 2.73 bits per heavy atom. The predicted molar refractivity (Wildman–Crippen MR) is 98.1 cm³/mol. The van der Waals surface area contributed by atoms with Crippen molar-refractivity contribution >= 4 is 15.9 Å². The molecule has 144 valence electrons. The van der Waals surface area contributed by atoms with Gasteiger partial charge in [-0.15, -0.1) is 0 Å². The summed E-state index contributed by atoms with van der Waals surface area (Å²) in [6, 6.07) is 6.47. The second-order valence-electron chi connectivity index (χ2n) is 6.80. The van der Waals surface area contributed by atoms with Crippen LogP contribution in [0.1, 0.15) is 31.7 Å². The predicted octanol–water partition coefficient (Wildman–Crippen LogP) is 0.854. The molecule has 2 saturated heterocycles. The van der Waals surface area contributed by atoms with Crippen molar-refractivity contribution in [3.05, 3.63) is 29.8 Å². The van der Waals surface area contributed by atoms with E-state index >= 15 is 0 Å². The molecule has 1 aromatic rings. The van der Waals surface area contributed by atoms with E-state index < -0.39 is 16.1 Å². The molecule has 2 aliphatic heterocycles. The van der Waals surface area contributed by atoms with Gasteiger partial charge >= 0.3 is 0 Å². The number of morpholine rings is 1. The number of piperidine rings is 1. The van der Waals surface area contributed by atoms with E-state index in [2.05, 4.69) is 10.6 Å². The van der Waals surface area contributed by atoms with E-state index in [1.165, 1.54) is 0 Å². The van der Waals surface area contributed by atoms with E-state index in [1.807, 2.05) is 6.92 Å². The number of sulfonamides is 1. The molecule has 26 heavy (non-hydrogen) atoms. The summed E-state index contributed by atoms with van der Waals surface area (Å²) in [7, 11) is -3.53. The van der Waals surface area contributed by atoms with Gasteiger partial charge in [-0.05, 0) is 31.4 Å². The maximum absolute atomic E-state index is 13.0. The molecule has 2 N–H and O–H groups in total. The molecular formula is C18H27N3O4S. The van der Waals surface area contributed by atoms with Crippen LogP contribution in [0.25, 0.3) is 0 Å². The van der Waals surface area contributed by atoms with Gasteiger partial charge in [-0.1, -0.05) is 24.6 Å². The molecule has 2 fully saturated rings. The number of ether oxygens (including phenoxy) is 1. The normalized spacial score (nSPS) is 25.0. The number of nitrogens with one attached hydrogen (secondary N) is 2. The average molecular weight is 381 g/mol. The average Bonchev–Trinajstić information content (AvgIpc) is 2.67. The Hall–Kier alpha value is -1.48. The zero-order valence-electron chi connectivity index (χ0n) is 15.1. The minimum absolute atomic E-state index is 0.174. The smallest absolute Gasteiger partial charge is 0.243 e. The third-order valence-corrected chi connectivity index (χ3v) is 6.96. The first-order chi connectivity index (χ1) is 12.5. The Morgan fingerprint density at radius 2 is 2.00 bits per heavy atom. The zero-order chi connectivity index (χ0) is 18.6. The van der Waals surface area contributed by atoms with Crippen molar-refractivity contribution in [1.29, 1.82) is 0 Å². The van der Waals surface area contributed by atoms with E-state index in [1.54, 1.807) is 28.6 Å². The highest BCUT2D eigenvalue weighted by Crippen LogP contribution is 2.23. The summed E-state index contributed by atoms with van der Waals surface area (Å²) in [6.07, 6.45) is 2.64. The minimum atomic E-state index is -3.53. The highest BCUT2D eigenvalue weighted by atomic mass is 32.2. The van der Waals surface area contributed by atoms with Crippen LogP contribution in [0.3, 0.4) is 0 Å². The van der Waals surface area contributed by atoms with Crippen molar-refractivity contribution in [3.8, 4) is 0 Å². The Kier molecular flexibility index (Phi) is 6.29. The SMILES string of the molecule is C[C@H]1OCCN[C@@H]1C(=O)NCc1ccccc1S(=O)(=O)N1CCCCC1. The van der Waals surface area contributed by atoms with Crippen molar-refractivity contribution in [3.63, 3.8) is 0 Å². The first-order valence-corrected chi connectivity index (χ1v) is 10.6. The van der Waals surface area contributed by atoms with Crippen LogP contribution in [0.2, 0.25) is 0 Å². The Balaban J connectivity index is 1.72. The van der Waals surface area contributed by atoms with Crippen LogP contribution in [0.15, 0.2) is 29.2 Å². The van der Waals surface area contributed by atoms with E-state index in [9.17, 15) is 13.2 Å². The van der Waals surface area contributed by atoms with Crippen molar-refractivity contribution in [2.45, 2.75) is 49.8 Å². The number of hydrogen-bond donors (Lipinski definition) is 2. The number of nitrogens with zero attached hydrogens (tertiary/aromatic N) is 1. The number of carbonyl (C=O) groups excluding carboxylic acids is 1. The van der Waals surface area contributed by atoms with Crippen LogP contribution in [-0.2, 0) is 26.1 Å². The maximum Gasteiger partial charge on any atom is 0.243 e. The molecule has 2 aliphatic rings. The topological polar surface area (TPSA) is 87.7 Å². The molecule has 3 rings (SSSR count). The lowest BCUT2D eigenvalue weighted by Crippen LogP contribution is -2.55. The second-order valence-corrected chi connectivity index (χ2v) is 8.70. The van der Waals surface area contributed by atoms with Gasteiger partial charge in [-0.2, -0.15) is 4.31 Å². The first-order valence-electron chi connectivity index (χ1n) is 9.21. The van der Waals surface area contributed by atoms with Crippen molar-refractivity contribution < 1.29 is 17.9 Å². The summed E-state index contributed by atoms with van der Waals surface area (Å²) in [6.45, 7) is 4.36. The monoisotopic (exact) mass is 381 g/mol. The van der Waals surface area contributed by atoms with Crippen molar-refractivity contribution in [1.82, 2.24) is 14.9 Å². The molecule has 1 aromatic carbocycles. The molecule has 0 spiro atoms.